The lowest BCUT2D eigenvalue weighted by Crippen LogP contribution is -2.60. The third-order valence-electron chi connectivity index (χ3n) is 12.6. The monoisotopic (exact) mass is 976 g/mol. The maximum Gasteiger partial charge on any atom is 0.305 e. The number of aliphatic carboxylic acids is 1. The number of aromatic nitrogens is 1. The van der Waals surface area contributed by atoms with Crippen molar-refractivity contribution in [2.45, 2.75) is 113 Å². The van der Waals surface area contributed by atoms with Gasteiger partial charge in [0, 0.05) is 49.5 Å². The number of fused-ring (bicyclic) bond motifs is 2. The fourth-order valence-electron chi connectivity index (χ4n) is 8.89. The molecule has 71 heavy (non-hydrogen) atoms. The van der Waals surface area contributed by atoms with Crippen LogP contribution >= 0.6 is 0 Å². The Kier molecular flexibility index (Phi) is 19.0. The van der Waals surface area contributed by atoms with E-state index in [1.54, 1.807) is 66.9 Å². The van der Waals surface area contributed by atoms with Crippen molar-refractivity contribution in [3.8, 4) is 0 Å². The minimum Gasteiger partial charge on any atom is -0.481 e. The minimum absolute atomic E-state index is 0.0152. The number of H-pyrrole nitrogens is 1. The van der Waals surface area contributed by atoms with E-state index in [9.17, 15) is 43.5 Å². The molecule has 0 saturated carbocycles. The SMILES string of the molecule is NCCCC[C@@H]1NC(=O)[C@H](Cc2c[nH]c3ccccc23)NC(=O)[C@H](CCCN=C(N)N)NC(=O)[C@H](Cc2ccccc2)NC(=O)[C@H](Cc2ccccc2)NC(=O)[C@@H]2CCCN2C(=O)[C@H](CC(=O)O)NC1=O. The Hall–Kier alpha value is -7.81. The van der Waals surface area contributed by atoms with Crippen LogP contribution in [0, 0.1) is 0 Å². The van der Waals surface area contributed by atoms with Gasteiger partial charge in [-0.3, -0.25) is 43.3 Å². The molecule has 2 fully saturated rings. The first kappa shape index (κ1) is 52.6. The minimum atomic E-state index is -1.67. The van der Waals surface area contributed by atoms with Gasteiger partial charge in [0.25, 0.3) is 0 Å². The summed E-state index contributed by atoms with van der Waals surface area (Å²) >= 11 is 0. The highest BCUT2D eigenvalue weighted by atomic mass is 16.4. The van der Waals surface area contributed by atoms with E-state index in [1.807, 2.05) is 24.3 Å². The lowest BCUT2D eigenvalue weighted by atomic mass is 10.0. The molecule has 7 atom stereocenters. The van der Waals surface area contributed by atoms with Gasteiger partial charge in [-0.05, 0) is 74.2 Å². The van der Waals surface area contributed by atoms with Crippen LogP contribution in [0.2, 0.25) is 0 Å². The van der Waals surface area contributed by atoms with E-state index in [4.69, 9.17) is 17.2 Å². The second-order valence-electron chi connectivity index (χ2n) is 17.8. The van der Waals surface area contributed by atoms with Crippen molar-refractivity contribution < 1.29 is 43.5 Å². The molecule has 2 aliphatic heterocycles. The van der Waals surface area contributed by atoms with Crippen LogP contribution in [0.3, 0.4) is 0 Å². The number of para-hydroxylation sites is 1. The number of aromatic amines is 1. The molecular weight excluding hydrogens is 913 g/mol. The van der Waals surface area contributed by atoms with Crippen LogP contribution in [0.4, 0.5) is 0 Å². The van der Waals surface area contributed by atoms with Crippen molar-refractivity contribution in [2.24, 2.45) is 22.2 Å². The lowest BCUT2D eigenvalue weighted by Gasteiger charge is -2.30. The molecule has 21 nitrogen and oxygen atoms in total. The summed E-state index contributed by atoms with van der Waals surface area (Å²) in [4.78, 5) is 122. The molecule has 7 amide bonds. The van der Waals surface area contributed by atoms with Crippen molar-refractivity contribution in [2.75, 3.05) is 19.6 Å². The number of aliphatic imine (C=N–C) groups is 1. The number of benzene rings is 3. The van der Waals surface area contributed by atoms with Crippen molar-refractivity contribution in [1.82, 2.24) is 41.8 Å². The summed E-state index contributed by atoms with van der Waals surface area (Å²) in [7, 11) is 0. The normalized spacial score (nSPS) is 23.0. The third-order valence-corrected chi connectivity index (χ3v) is 12.6. The van der Waals surface area contributed by atoms with E-state index in [2.05, 4.69) is 41.9 Å². The Labute approximate surface area is 410 Å². The fourth-order valence-corrected chi connectivity index (χ4v) is 8.89. The number of carbonyl (C=O) groups is 8. The van der Waals surface area contributed by atoms with Crippen molar-refractivity contribution in [3.05, 3.63) is 108 Å². The molecule has 0 aliphatic carbocycles. The number of rotatable bonds is 16. The van der Waals surface area contributed by atoms with Gasteiger partial charge in [0.15, 0.2) is 5.96 Å². The highest BCUT2D eigenvalue weighted by Gasteiger charge is 2.41. The summed E-state index contributed by atoms with van der Waals surface area (Å²) in [6.45, 7) is 0.377. The molecule has 0 bridgehead atoms. The Morgan fingerprint density at radius 3 is 1.66 bits per heavy atom. The topological polar surface area (TPSA) is 338 Å². The molecule has 21 heteroatoms. The van der Waals surface area contributed by atoms with Crippen LogP contribution < -0.4 is 49.1 Å². The van der Waals surface area contributed by atoms with Gasteiger partial charge in [-0.25, -0.2) is 0 Å². The number of nitrogens with one attached hydrogen (secondary N) is 7. The molecule has 3 heterocycles. The molecule has 1 aromatic heterocycles. The van der Waals surface area contributed by atoms with E-state index in [0.29, 0.717) is 36.0 Å². The molecular formula is C50H64N12O9. The molecule has 0 radical (unpaired) electrons. The highest BCUT2D eigenvalue weighted by Crippen LogP contribution is 2.22. The van der Waals surface area contributed by atoms with Gasteiger partial charge < -0.3 is 64.1 Å². The first-order valence-corrected chi connectivity index (χ1v) is 23.9. The summed E-state index contributed by atoms with van der Waals surface area (Å²) in [6.07, 6.45) is 2.14. The van der Waals surface area contributed by atoms with Crippen LogP contribution in [-0.4, -0.2) is 130 Å². The molecule has 4 aromatic rings. The van der Waals surface area contributed by atoms with Crippen LogP contribution in [0.5, 0.6) is 0 Å². The van der Waals surface area contributed by atoms with E-state index in [1.165, 1.54) is 4.90 Å². The largest absolute Gasteiger partial charge is 0.481 e. The molecule has 14 N–H and O–H groups in total. The predicted octanol–water partition coefficient (Wildman–Crippen LogP) is -0.233. The van der Waals surface area contributed by atoms with E-state index in [-0.39, 0.29) is 70.5 Å². The zero-order valence-corrected chi connectivity index (χ0v) is 39.4. The Bertz CT molecular complexity index is 2530. The van der Waals surface area contributed by atoms with Gasteiger partial charge in [-0.2, -0.15) is 0 Å². The van der Waals surface area contributed by atoms with E-state index < -0.39 is 96.0 Å². The lowest BCUT2D eigenvalue weighted by molar-refractivity contribution is -0.146. The number of hydrogen-bond donors (Lipinski definition) is 11. The maximum atomic E-state index is 14.7. The number of amides is 7. The maximum absolute atomic E-state index is 14.7. The molecule has 2 saturated heterocycles. The molecule has 378 valence electrons. The summed E-state index contributed by atoms with van der Waals surface area (Å²) in [5.41, 5.74) is 19.7. The highest BCUT2D eigenvalue weighted by molar-refractivity contribution is 6.00. The second kappa shape index (κ2) is 25.7. The van der Waals surface area contributed by atoms with Gasteiger partial charge in [-0.15, -0.1) is 0 Å². The van der Waals surface area contributed by atoms with Gasteiger partial charge >= 0.3 is 5.97 Å². The summed E-state index contributed by atoms with van der Waals surface area (Å²) in [5.74, 6) is -7.15. The van der Waals surface area contributed by atoms with Crippen molar-refractivity contribution >= 4 is 64.2 Å². The van der Waals surface area contributed by atoms with E-state index >= 15 is 0 Å². The zero-order chi connectivity index (χ0) is 50.9. The Morgan fingerprint density at radius 2 is 1.10 bits per heavy atom. The van der Waals surface area contributed by atoms with Crippen molar-refractivity contribution in [1.29, 1.82) is 0 Å². The summed E-state index contributed by atoms with van der Waals surface area (Å²) in [5, 5.41) is 27.3. The van der Waals surface area contributed by atoms with Crippen LogP contribution in [0.25, 0.3) is 10.9 Å². The number of guanidine groups is 1. The molecule has 0 unspecified atom stereocenters. The third kappa shape index (κ3) is 15.1. The number of carboxylic acid groups (broad SMARTS) is 1. The van der Waals surface area contributed by atoms with Crippen molar-refractivity contribution in [3.63, 3.8) is 0 Å². The average molecular weight is 977 g/mol. The van der Waals surface area contributed by atoms with Crippen LogP contribution in [0.15, 0.2) is 96.1 Å². The Morgan fingerprint density at radius 1 is 0.606 bits per heavy atom. The van der Waals surface area contributed by atoms with Gasteiger partial charge in [0.1, 0.15) is 42.3 Å². The standard InChI is InChI=1S/C50H64N12O9/c51-22-10-9-19-35-44(66)61-40(28-42(63)64)49(71)62-24-12-21-41(62)48(70)60-38(26-31-15-5-2-6-16-31)46(68)58-37(25-30-13-3-1-4-14-30)45(67)57-36(20-11-23-54-50(52)53)43(65)59-39(47(69)56-35)27-32-29-55-34-18-8-7-17-33(32)34/h1-8,13-18,29,35-41,55H,9-12,19-28,51H2,(H,56,69)(H,57,67)(H,58,68)(H,59,65)(H,60,70)(H,61,66)(H,63,64)(H4,52,53,54)/t35-,36-,37-,38-,39-,40-,41-/m0/s1. The second-order valence-corrected chi connectivity index (χ2v) is 17.8. The summed E-state index contributed by atoms with van der Waals surface area (Å²) < 4.78 is 0. The summed E-state index contributed by atoms with van der Waals surface area (Å²) in [6, 6.07) is 15.5. The van der Waals surface area contributed by atoms with Crippen LogP contribution in [-0.2, 0) is 57.6 Å². The first-order chi connectivity index (χ1) is 34.2. The number of unbranched alkanes of at least 4 members (excludes halogenated alkanes) is 1. The fraction of sp³-hybridized carbons (Fsp3) is 0.420. The number of nitrogens with two attached hydrogens (primary N) is 3. The van der Waals surface area contributed by atoms with Gasteiger partial charge in [-0.1, -0.05) is 78.9 Å². The first-order valence-electron chi connectivity index (χ1n) is 23.9. The number of hydrogen-bond acceptors (Lipinski definition) is 10. The van der Waals surface area contributed by atoms with Gasteiger partial charge in [0.2, 0.25) is 41.4 Å². The Balaban J connectivity index is 1.44. The van der Waals surface area contributed by atoms with Crippen LogP contribution in [0.1, 0.15) is 68.1 Å². The number of carbonyl (C=O) groups excluding carboxylic acids is 7. The van der Waals surface area contributed by atoms with Gasteiger partial charge in [0.05, 0.1) is 6.42 Å². The molecule has 6 rings (SSSR count). The molecule has 3 aromatic carbocycles. The molecule has 2 aliphatic rings. The average Bonchev–Trinajstić information content (AvgIpc) is 4.01. The van der Waals surface area contributed by atoms with E-state index in [0.717, 1.165) is 10.9 Å². The quantitative estimate of drug-likeness (QED) is 0.0394. The smallest absolute Gasteiger partial charge is 0.305 e. The molecule has 0 spiro atoms. The predicted molar refractivity (Wildman–Crippen MR) is 264 cm³/mol. The number of nitrogens with zero attached hydrogens (tertiary/aromatic N) is 2. The number of carboxylic acids is 1. The zero-order valence-electron chi connectivity index (χ0n) is 39.4.